The van der Waals surface area contributed by atoms with E-state index in [9.17, 15) is 0 Å². The highest BCUT2D eigenvalue weighted by Gasteiger charge is 2.33. The van der Waals surface area contributed by atoms with Crippen molar-refractivity contribution in [3.63, 3.8) is 0 Å². The Morgan fingerprint density at radius 1 is 1.44 bits per heavy atom. The first kappa shape index (κ1) is 13.5. The van der Waals surface area contributed by atoms with Crippen molar-refractivity contribution < 1.29 is 4.74 Å². The van der Waals surface area contributed by atoms with Crippen LogP contribution in [0.25, 0.3) is 0 Å². The van der Waals surface area contributed by atoms with Crippen LogP contribution in [0.5, 0.6) is 0 Å². The second-order valence-corrected chi connectivity index (χ2v) is 4.96. The normalized spacial score (nSPS) is 20.4. The fraction of sp³-hybridized carbons (Fsp3) is 0.846. The van der Waals surface area contributed by atoms with Crippen LogP contribution in [0.4, 0.5) is 0 Å². The quantitative estimate of drug-likeness (QED) is 0.564. The number of terminal acetylenes is 1. The van der Waals surface area contributed by atoms with Gasteiger partial charge in [0.05, 0.1) is 13.2 Å². The maximum absolute atomic E-state index is 6.27. The van der Waals surface area contributed by atoms with Crippen LogP contribution >= 0.6 is 0 Å². The molecule has 0 saturated carbocycles. The zero-order valence-electron chi connectivity index (χ0n) is 10.5. The van der Waals surface area contributed by atoms with Gasteiger partial charge in [0.1, 0.15) is 0 Å². The molecule has 0 aromatic carbocycles. The number of rotatable bonds is 5. The van der Waals surface area contributed by atoms with Crippen LogP contribution in [0.3, 0.4) is 0 Å². The minimum absolute atomic E-state index is 0.0401. The third-order valence-corrected chi connectivity index (χ3v) is 3.57. The predicted molar refractivity (Wildman–Crippen MR) is 67.1 cm³/mol. The SMILES string of the molecule is C#CCCCC(N)C(C)(C)N1CCOCC1. The first-order valence-corrected chi connectivity index (χ1v) is 6.11. The Kier molecular flexibility index (Phi) is 5.27. The number of hydrogen-bond acceptors (Lipinski definition) is 3. The predicted octanol–water partition coefficient (Wildman–Crippen LogP) is 1.23. The highest BCUT2D eigenvalue weighted by molar-refractivity contribution is 4.93. The molecule has 0 aromatic heterocycles. The van der Waals surface area contributed by atoms with Crippen molar-refractivity contribution in [1.29, 1.82) is 0 Å². The molecule has 1 heterocycles. The Bertz CT molecular complexity index is 239. The summed E-state index contributed by atoms with van der Waals surface area (Å²) in [6.45, 7) is 8.05. The second-order valence-electron chi connectivity index (χ2n) is 4.96. The van der Waals surface area contributed by atoms with E-state index in [1.807, 2.05) is 0 Å². The Hall–Kier alpha value is -0.560. The minimum Gasteiger partial charge on any atom is -0.379 e. The van der Waals surface area contributed by atoms with Crippen molar-refractivity contribution in [2.75, 3.05) is 26.3 Å². The number of morpholine rings is 1. The van der Waals surface area contributed by atoms with Gasteiger partial charge in [0.25, 0.3) is 0 Å². The third kappa shape index (κ3) is 3.48. The third-order valence-electron chi connectivity index (χ3n) is 3.57. The Balaban J connectivity index is 2.43. The summed E-state index contributed by atoms with van der Waals surface area (Å²) < 4.78 is 5.36. The molecule has 1 aliphatic rings. The van der Waals surface area contributed by atoms with Crippen molar-refractivity contribution in [2.24, 2.45) is 5.73 Å². The molecule has 3 nitrogen and oxygen atoms in total. The van der Waals surface area contributed by atoms with Gasteiger partial charge in [-0.1, -0.05) is 0 Å². The number of unbranched alkanes of at least 4 members (excludes halogenated alkanes) is 1. The summed E-state index contributed by atoms with van der Waals surface area (Å²) in [4.78, 5) is 2.43. The first-order valence-electron chi connectivity index (χ1n) is 6.11. The standard InChI is InChI=1S/C13H24N2O/c1-4-5-6-7-12(14)13(2,3)15-8-10-16-11-9-15/h1,12H,5-11,14H2,2-3H3. The summed E-state index contributed by atoms with van der Waals surface area (Å²) in [7, 11) is 0. The fourth-order valence-corrected chi connectivity index (χ4v) is 2.15. The molecular weight excluding hydrogens is 200 g/mol. The molecule has 1 rings (SSSR count). The van der Waals surface area contributed by atoms with E-state index in [0.717, 1.165) is 45.6 Å². The minimum atomic E-state index is 0.0401. The van der Waals surface area contributed by atoms with Gasteiger partial charge in [0, 0.05) is 31.1 Å². The zero-order valence-corrected chi connectivity index (χ0v) is 10.5. The molecule has 0 aliphatic carbocycles. The summed E-state index contributed by atoms with van der Waals surface area (Å²) in [6, 6.07) is 0.180. The summed E-state index contributed by atoms with van der Waals surface area (Å²) >= 11 is 0. The Morgan fingerprint density at radius 3 is 2.62 bits per heavy atom. The van der Waals surface area contributed by atoms with E-state index in [1.54, 1.807) is 0 Å². The van der Waals surface area contributed by atoms with Crippen molar-refractivity contribution in [3.05, 3.63) is 0 Å². The van der Waals surface area contributed by atoms with E-state index in [1.165, 1.54) is 0 Å². The van der Waals surface area contributed by atoms with E-state index >= 15 is 0 Å². The van der Waals surface area contributed by atoms with E-state index in [2.05, 4.69) is 24.7 Å². The van der Waals surface area contributed by atoms with Crippen LogP contribution < -0.4 is 5.73 Å². The van der Waals surface area contributed by atoms with Gasteiger partial charge < -0.3 is 10.5 Å². The van der Waals surface area contributed by atoms with Gasteiger partial charge in [-0.15, -0.1) is 12.3 Å². The highest BCUT2D eigenvalue weighted by Crippen LogP contribution is 2.22. The molecule has 3 heteroatoms. The van der Waals surface area contributed by atoms with Gasteiger partial charge in [-0.05, 0) is 26.7 Å². The van der Waals surface area contributed by atoms with E-state index in [0.29, 0.717) is 0 Å². The maximum Gasteiger partial charge on any atom is 0.0594 e. The topological polar surface area (TPSA) is 38.5 Å². The Morgan fingerprint density at radius 2 is 2.06 bits per heavy atom. The molecule has 0 spiro atoms. The molecule has 16 heavy (non-hydrogen) atoms. The molecule has 2 N–H and O–H groups in total. The first-order chi connectivity index (χ1) is 7.59. The molecule has 1 unspecified atom stereocenters. The van der Waals surface area contributed by atoms with Crippen molar-refractivity contribution >= 4 is 0 Å². The molecule has 1 fully saturated rings. The van der Waals surface area contributed by atoms with Crippen LogP contribution in [0, 0.1) is 12.3 Å². The molecule has 1 saturated heterocycles. The summed E-state index contributed by atoms with van der Waals surface area (Å²) in [5.74, 6) is 2.66. The van der Waals surface area contributed by atoms with Crippen LogP contribution in [0.15, 0.2) is 0 Å². The molecular formula is C13H24N2O. The van der Waals surface area contributed by atoms with Crippen molar-refractivity contribution in [2.45, 2.75) is 44.7 Å². The lowest BCUT2D eigenvalue weighted by atomic mass is 9.89. The van der Waals surface area contributed by atoms with Gasteiger partial charge in [-0.25, -0.2) is 0 Å². The highest BCUT2D eigenvalue weighted by atomic mass is 16.5. The monoisotopic (exact) mass is 224 g/mol. The lowest BCUT2D eigenvalue weighted by molar-refractivity contribution is -0.0196. The summed E-state index contributed by atoms with van der Waals surface area (Å²) in [5, 5.41) is 0. The van der Waals surface area contributed by atoms with Gasteiger partial charge in [0.2, 0.25) is 0 Å². The molecule has 92 valence electrons. The van der Waals surface area contributed by atoms with E-state index in [-0.39, 0.29) is 11.6 Å². The molecule has 1 atom stereocenters. The van der Waals surface area contributed by atoms with Crippen LogP contribution in [0.1, 0.15) is 33.1 Å². The van der Waals surface area contributed by atoms with Crippen LogP contribution in [0.2, 0.25) is 0 Å². The number of nitrogens with two attached hydrogens (primary N) is 1. The smallest absolute Gasteiger partial charge is 0.0594 e. The molecule has 0 bridgehead atoms. The number of nitrogens with zero attached hydrogens (tertiary/aromatic N) is 1. The number of ether oxygens (including phenoxy) is 1. The van der Waals surface area contributed by atoms with Crippen LogP contribution in [-0.4, -0.2) is 42.8 Å². The van der Waals surface area contributed by atoms with Crippen molar-refractivity contribution in [3.8, 4) is 12.3 Å². The largest absolute Gasteiger partial charge is 0.379 e. The number of hydrogen-bond donors (Lipinski definition) is 1. The van der Waals surface area contributed by atoms with Gasteiger partial charge >= 0.3 is 0 Å². The van der Waals surface area contributed by atoms with Gasteiger partial charge in [-0.2, -0.15) is 0 Å². The molecule has 0 radical (unpaired) electrons. The average Bonchev–Trinajstić information content (AvgIpc) is 2.30. The fourth-order valence-electron chi connectivity index (χ4n) is 2.15. The lowest BCUT2D eigenvalue weighted by Crippen LogP contribution is -2.59. The second kappa shape index (κ2) is 6.24. The molecule has 0 amide bonds. The van der Waals surface area contributed by atoms with E-state index < -0.39 is 0 Å². The average molecular weight is 224 g/mol. The lowest BCUT2D eigenvalue weighted by Gasteiger charge is -2.44. The van der Waals surface area contributed by atoms with Crippen LogP contribution in [-0.2, 0) is 4.74 Å². The van der Waals surface area contributed by atoms with E-state index in [4.69, 9.17) is 16.9 Å². The van der Waals surface area contributed by atoms with Gasteiger partial charge in [-0.3, -0.25) is 4.90 Å². The van der Waals surface area contributed by atoms with Gasteiger partial charge in [0.15, 0.2) is 0 Å². The summed E-state index contributed by atoms with van der Waals surface area (Å²) in [5.41, 5.74) is 6.31. The Labute approximate surface area is 99.3 Å². The maximum atomic E-state index is 6.27. The zero-order chi connectivity index (χ0) is 12.0. The summed E-state index contributed by atoms with van der Waals surface area (Å²) in [6.07, 6.45) is 8.09. The molecule has 0 aromatic rings. The molecule has 1 aliphatic heterocycles. The van der Waals surface area contributed by atoms with Crippen molar-refractivity contribution in [1.82, 2.24) is 4.90 Å².